The molecule has 0 fully saturated rings. The molecule has 8 heteroatoms. The predicted octanol–water partition coefficient (Wildman–Crippen LogP) is 2.41. The Morgan fingerprint density at radius 1 is 1.18 bits per heavy atom. The zero-order valence-electron chi connectivity index (χ0n) is 14.9. The van der Waals surface area contributed by atoms with Gasteiger partial charge in [0.2, 0.25) is 5.91 Å². The first-order chi connectivity index (χ1) is 13.4. The number of benzene rings is 2. The highest BCUT2D eigenvalue weighted by Crippen LogP contribution is 2.30. The number of fused-ring (bicyclic) bond motifs is 1. The second-order valence-electron chi connectivity index (χ2n) is 5.92. The number of esters is 1. The molecule has 0 unspecified atom stereocenters. The van der Waals surface area contributed by atoms with E-state index in [2.05, 4.69) is 0 Å². The van der Waals surface area contributed by atoms with Crippen LogP contribution >= 0.6 is 11.6 Å². The summed E-state index contributed by atoms with van der Waals surface area (Å²) in [4.78, 5) is 37.0. The van der Waals surface area contributed by atoms with Crippen molar-refractivity contribution in [3.8, 4) is 5.69 Å². The minimum Gasteiger partial charge on any atom is -0.462 e. The molecule has 0 spiro atoms. The summed E-state index contributed by atoms with van der Waals surface area (Å²) < 4.78 is 6.30. The predicted molar refractivity (Wildman–Crippen MR) is 105 cm³/mol. The van der Waals surface area contributed by atoms with E-state index >= 15 is 0 Å². The van der Waals surface area contributed by atoms with Crippen molar-refractivity contribution in [1.29, 1.82) is 0 Å². The topological polar surface area (TPSA) is 112 Å². The monoisotopic (exact) mass is 400 g/mol. The number of carbonyl (C=O) groups excluding carboxylic acids is 2. The van der Waals surface area contributed by atoms with E-state index in [1.165, 1.54) is 28.8 Å². The molecule has 0 bridgehead atoms. The summed E-state index contributed by atoms with van der Waals surface area (Å²) in [7, 11) is 0. The van der Waals surface area contributed by atoms with Gasteiger partial charge in [0.25, 0.3) is 5.56 Å². The quantitative estimate of drug-likeness (QED) is 0.639. The number of primary amides is 1. The summed E-state index contributed by atoms with van der Waals surface area (Å²) in [5, 5.41) is 10.5. The van der Waals surface area contributed by atoms with Crippen molar-refractivity contribution in [3.05, 3.63) is 74.5 Å². The van der Waals surface area contributed by atoms with E-state index in [0.717, 1.165) is 0 Å². The minimum atomic E-state index is -0.846. The number of rotatable bonds is 5. The molecule has 1 aromatic heterocycles. The van der Waals surface area contributed by atoms with E-state index < -0.39 is 24.0 Å². The van der Waals surface area contributed by atoms with Gasteiger partial charge in [-0.1, -0.05) is 17.7 Å². The lowest BCUT2D eigenvalue weighted by atomic mass is 10.0. The van der Waals surface area contributed by atoms with Crippen molar-refractivity contribution in [2.45, 2.75) is 13.5 Å². The Morgan fingerprint density at radius 2 is 1.86 bits per heavy atom. The van der Waals surface area contributed by atoms with E-state index in [4.69, 9.17) is 22.1 Å². The van der Waals surface area contributed by atoms with Crippen LogP contribution in [-0.4, -0.2) is 28.2 Å². The third-order valence-electron chi connectivity index (χ3n) is 4.30. The summed E-state index contributed by atoms with van der Waals surface area (Å²) in [6.07, 6.45) is 0. The number of pyridine rings is 1. The van der Waals surface area contributed by atoms with Crippen LogP contribution in [0.3, 0.4) is 0 Å². The molecule has 0 radical (unpaired) electrons. The molecule has 1 amide bonds. The number of nitrogens with two attached hydrogens (primary N) is 1. The van der Waals surface area contributed by atoms with Gasteiger partial charge < -0.3 is 15.6 Å². The lowest BCUT2D eigenvalue weighted by Crippen LogP contribution is -2.29. The van der Waals surface area contributed by atoms with Gasteiger partial charge >= 0.3 is 5.97 Å². The second-order valence-corrected chi connectivity index (χ2v) is 6.32. The molecule has 2 aromatic carbocycles. The van der Waals surface area contributed by atoms with Crippen molar-refractivity contribution in [3.63, 3.8) is 0 Å². The summed E-state index contributed by atoms with van der Waals surface area (Å²) in [6.45, 7) is 1.12. The first-order valence-corrected chi connectivity index (χ1v) is 8.82. The summed E-state index contributed by atoms with van der Waals surface area (Å²) >= 11 is 6.33. The Labute approximate surface area is 164 Å². The maximum atomic E-state index is 13.2. The minimum absolute atomic E-state index is 0.0665. The number of carbonyl (C=O) groups is 2. The van der Waals surface area contributed by atoms with E-state index in [0.29, 0.717) is 16.6 Å². The molecule has 0 atom stereocenters. The Morgan fingerprint density at radius 3 is 2.43 bits per heavy atom. The molecule has 0 aliphatic rings. The van der Waals surface area contributed by atoms with Gasteiger partial charge in [-0.05, 0) is 43.3 Å². The standard InChI is InChI=1S/C20H17ClN2O5/c1-2-28-20(27)17-13(10-24)16-14(21)4-3-5-15(16)23(19(17)26)12-8-6-11(7-9-12)18(22)25/h3-9,24H,2,10H2,1H3,(H2,22,25). The second kappa shape index (κ2) is 7.84. The highest BCUT2D eigenvalue weighted by molar-refractivity contribution is 6.35. The molecule has 3 rings (SSSR count). The molecule has 3 N–H and O–H groups in total. The number of aliphatic hydroxyl groups is 1. The third-order valence-corrected chi connectivity index (χ3v) is 4.62. The molecule has 0 saturated heterocycles. The highest BCUT2D eigenvalue weighted by Gasteiger charge is 2.24. The van der Waals surface area contributed by atoms with Crippen LogP contribution in [0.1, 0.15) is 33.2 Å². The molecule has 144 valence electrons. The van der Waals surface area contributed by atoms with Crippen molar-refractivity contribution in [1.82, 2.24) is 4.57 Å². The number of hydrogen-bond acceptors (Lipinski definition) is 5. The van der Waals surface area contributed by atoms with Gasteiger partial charge in [-0.2, -0.15) is 0 Å². The zero-order chi connectivity index (χ0) is 20.4. The fraction of sp³-hybridized carbons (Fsp3) is 0.150. The van der Waals surface area contributed by atoms with E-state index in [1.54, 1.807) is 25.1 Å². The smallest absolute Gasteiger partial charge is 0.344 e. The Kier molecular flexibility index (Phi) is 5.48. The van der Waals surface area contributed by atoms with Crippen LogP contribution in [0.25, 0.3) is 16.6 Å². The Bertz CT molecular complexity index is 1140. The number of aromatic nitrogens is 1. The molecule has 0 aliphatic carbocycles. The number of hydrogen-bond donors (Lipinski definition) is 2. The first kappa shape index (κ1) is 19.6. The average molecular weight is 401 g/mol. The van der Waals surface area contributed by atoms with Crippen LogP contribution in [0.4, 0.5) is 0 Å². The molecule has 0 saturated carbocycles. The summed E-state index contributed by atoms with van der Waals surface area (Å²) in [5.74, 6) is -1.45. The SMILES string of the molecule is CCOC(=O)c1c(CO)c2c(Cl)cccc2n(-c2ccc(C(N)=O)cc2)c1=O. The first-order valence-electron chi connectivity index (χ1n) is 8.45. The number of amides is 1. The lowest BCUT2D eigenvalue weighted by molar-refractivity contribution is 0.0520. The third kappa shape index (κ3) is 3.26. The molecule has 0 aliphatic heterocycles. The van der Waals surface area contributed by atoms with Gasteiger partial charge in [0.05, 0.1) is 23.8 Å². The van der Waals surface area contributed by atoms with Crippen molar-refractivity contribution in [2.24, 2.45) is 5.73 Å². The molecule has 3 aromatic rings. The van der Waals surface area contributed by atoms with Crippen LogP contribution in [0.2, 0.25) is 5.02 Å². The number of halogens is 1. The maximum Gasteiger partial charge on any atom is 0.344 e. The molecule has 28 heavy (non-hydrogen) atoms. The Hall–Kier alpha value is -3.16. The van der Waals surface area contributed by atoms with Gasteiger partial charge in [-0.3, -0.25) is 14.2 Å². The number of ether oxygens (including phenoxy) is 1. The molecule has 7 nitrogen and oxygen atoms in total. The van der Waals surface area contributed by atoms with Crippen LogP contribution in [0, 0.1) is 0 Å². The van der Waals surface area contributed by atoms with Crippen LogP contribution in [0.5, 0.6) is 0 Å². The normalized spacial score (nSPS) is 10.8. The van der Waals surface area contributed by atoms with Crippen molar-refractivity contribution >= 4 is 34.4 Å². The van der Waals surface area contributed by atoms with E-state index in [9.17, 15) is 19.5 Å². The van der Waals surface area contributed by atoms with E-state index in [1.807, 2.05) is 0 Å². The number of aliphatic hydroxyl groups excluding tert-OH is 1. The van der Waals surface area contributed by atoms with Gasteiger partial charge in [-0.15, -0.1) is 0 Å². The van der Waals surface area contributed by atoms with Gasteiger partial charge in [0.15, 0.2) is 0 Å². The summed E-state index contributed by atoms with van der Waals surface area (Å²) in [6, 6.07) is 10.9. The highest BCUT2D eigenvalue weighted by atomic mass is 35.5. The van der Waals surface area contributed by atoms with Crippen LogP contribution < -0.4 is 11.3 Å². The maximum absolute atomic E-state index is 13.2. The largest absolute Gasteiger partial charge is 0.462 e. The lowest BCUT2D eigenvalue weighted by Gasteiger charge is -2.17. The van der Waals surface area contributed by atoms with Crippen molar-refractivity contribution < 1.29 is 19.4 Å². The Balaban J connectivity index is 2.44. The molecular formula is C20H17ClN2O5. The average Bonchev–Trinajstić information content (AvgIpc) is 2.67. The van der Waals surface area contributed by atoms with E-state index in [-0.39, 0.29) is 28.3 Å². The zero-order valence-corrected chi connectivity index (χ0v) is 15.7. The van der Waals surface area contributed by atoms with Crippen LogP contribution in [0.15, 0.2) is 47.3 Å². The van der Waals surface area contributed by atoms with Crippen molar-refractivity contribution in [2.75, 3.05) is 6.61 Å². The molecular weight excluding hydrogens is 384 g/mol. The summed E-state index contributed by atoms with van der Waals surface area (Å²) in [5.41, 5.74) is 5.50. The van der Waals surface area contributed by atoms with Gasteiger partial charge in [0, 0.05) is 22.2 Å². The number of nitrogens with zero attached hydrogens (tertiary/aromatic N) is 1. The fourth-order valence-corrected chi connectivity index (χ4v) is 3.36. The van der Waals surface area contributed by atoms with Crippen LogP contribution in [-0.2, 0) is 11.3 Å². The molecule has 1 heterocycles. The fourth-order valence-electron chi connectivity index (χ4n) is 3.08. The van der Waals surface area contributed by atoms with Gasteiger partial charge in [-0.25, -0.2) is 4.79 Å². The van der Waals surface area contributed by atoms with Gasteiger partial charge in [0.1, 0.15) is 5.56 Å².